The fourth-order valence-corrected chi connectivity index (χ4v) is 8.41. The van der Waals surface area contributed by atoms with Gasteiger partial charge in [0.1, 0.15) is 5.60 Å². The zero-order valence-electron chi connectivity index (χ0n) is 38.2. The van der Waals surface area contributed by atoms with Crippen molar-refractivity contribution in [2.24, 2.45) is 17.8 Å². The van der Waals surface area contributed by atoms with Gasteiger partial charge in [0.2, 0.25) is 0 Å². The molecular formula is C50H94O5. The Morgan fingerprint density at radius 2 is 1.20 bits per heavy atom. The van der Waals surface area contributed by atoms with Gasteiger partial charge in [-0.05, 0) is 150 Å². The fourth-order valence-electron chi connectivity index (χ4n) is 8.41. The molecule has 55 heavy (non-hydrogen) atoms. The SMILES string of the molecule is CCCCCCC(CC=CCCCCCCCCOC(C)(C)CCCC(C)(C)OC(=O)CCCCCCCC=CCC1C(CCCCC)C1(C)O)C(C)(C)O. The van der Waals surface area contributed by atoms with E-state index in [-0.39, 0.29) is 11.6 Å². The number of allylic oxidation sites excluding steroid dienone is 4. The number of hydrogen-bond acceptors (Lipinski definition) is 5. The molecule has 1 rings (SSSR count). The van der Waals surface area contributed by atoms with Gasteiger partial charge in [-0.3, -0.25) is 4.79 Å². The molecule has 0 bridgehead atoms. The summed E-state index contributed by atoms with van der Waals surface area (Å²) in [6.07, 6.45) is 40.9. The Labute approximate surface area is 342 Å². The monoisotopic (exact) mass is 775 g/mol. The third kappa shape index (κ3) is 26.5. The average Bonchev–Trinajstić information content (AvgIpc) is 3.62. The lowest BCUT2D eigenvalue weighted by Crippen LogP contribution is -2.30. The molecule has 0 amide bonds. The Morgan fingerprint density at radius 3 is 1.84 bits per heavy atom. The zero-order valence-corrected chi connectivity index (χ0v) is 38.2. The number of rotatable bonds is 37. The van der Waals surface area contributed by atoms with E-state index >= 15 is 0 Å². The van der Waals surface area contributed by atoms with Crippen LogP contribution in [0.3, 0.4) is 0 Å². The minimum Gasteiger partial charge on any atom is -0.460 e. The van der Waals surface area contributed by atoms with Crippen LogP contribution in [-0.2, 0) is 14.3 Å². The first-order valence-corrected chi connectivity index (χ1v) is 23.7. The highest BCUT2D eigenvalue weighted by atomic mass is 16.6. The van der Waals surface area contributed by atoms with Gasteiger partial charge in [0, 0.05) is 13.0 Å². The lowest BCUT2D eigenvalue weighted by atomic mass is 9.83. The first kappa shape index (κ1) is 51.8. The molecule has 4 unspecified atom stereocenters. The van der Waals surface area contributed by atoms with E-state index in [4.69, 9.17) is 9.47 Å². The van der Waals surface area contributed by atoms with E-state index in [0.717, 1.165) is 77.2 Å². The molecular weight excluding hydrogens is 681 g/mol. The van der Waals surface area contributed by atoms with Crippen LogP contribution >= 0.6 is 0 Å². The smallest absolute Gasteiger partial charge is 0.306 e. The molecule has 0 saturated heterocycles. The molecule has 5 heteroatoms. The van der Waals surface area contributed by atoms with Crippen molar-refractivity contribution in [1.82, 2.24) is 0 Å². The van der Waals surface area contributed by atoms with E-state index < -0.39 is 16.8 Å². The topological polar surface area (TPSA) is 76.0 Å². The molecule has 2 N–H and O–H groups in total. The highest BCUT2D eigenvalue weighted by Crippen LogP contribution is 2.55. The Kier molecular flexibility index (Phi) is 27.4. The van der Waals surface area contributed by atoms with Crippen molar-refractivity contribution >= 4 is 5.97 Å². The average molecular weight is 775 g/mol. The van der Waals surface area contributed by atoms with E-state index in [1.807, 2.05) is 34.6 Å². The van der Waals surface area contributed by atoms with Gasteiger partial charge in [-0.15, -0.1) is 0 Å². The van der Waals surface area contributed by atoms with Crippen LogP contribution in [0.25, 0.3) is 0 Å². The minimum atomic E-state index is -0.595. The van der Waals surface area contributed by atoms with E-state index in [2.05, 4.69) is 52.0 Å². The van der Waals surface area contributed by atoms with Crippen LogP contribution in [0.2, 0.25) is 0 Å². The van der Waals surface area contributed by atoms with Crippen molar-refractivity contribution in [1.29, 1.82) is 0 Å². The molecule has 1 aliphatic rings. The first-order chi connectivity index (χ1) is 26.1. The van der Waals surface area contributed by atoms with Crippen LogP contribution in [0.1, 0.15) is 242 Å². The van der Waals surface area contributed by atoms with E-state index in [9.17, 15) is 15.0 Å². The van der Waals surface area contributed by atoms with Crippen LogP contribution in [0.4, 0.5) is 0 Å². The molecule has 0 aromatic heterocycles. The molecule has 0 aliphatic heterocycles. The predicted molar refractivity (Wildman–Crippen MR) is 236 cm³/mol. The van der Waals surface area contributed by atoms with Crippen molar-refractivity contribution in [3.05, 3.63) is 24.3 Å². The quantitative estimate of drug-likeness (QED) is 0.0373. The lowest BCUT2D eigenvalue weighted by molar-refractivity contribution is -0.157. The maximum absolute atomic E-state index is 12.6. The standard InChI is InChI=1S/C50H94O5/c1-10-12-14-29-35-43(49(7,8)52)36-30-24-20-16-15-19-23-27-33-42-54-47(3,4)40-34-41-48(5,6)55-46(51)39-32-26-22-18-17-21-25-31-38-45-44(50(45,9)53)37-28-13-11-2/h24-25,30-31,43-45,52-53H,10-23,26-29,32-42H2,1-9H3. The lowest BCUT2D eigenvalue weighted by Gasteiger charge is -2.29. The van der Waals surface area contributed by atoms with Gasteiger partial charge in [0.15, 0.2) is 0 Å². The van der Waals surface area contributed by atoms with E-state index in [0.29, 0.717) is 24.2 Å². The second-order valence-electron chi connectivity index (χ2n) is 19.5. The van der Waals surface area contributed by atoms with Gasteiger partial charge in [-0.1, -0.05) is 128 Å². The molecule has 1 fully saturated rings. The molecule has 0 aromatic rings. The van der Waals surface area contributed by atoms with Gasteiger partial charge < -0.3 is 19.7 Å². The molecule has 0 heterocycles. The van der Waals surface area contributed by atoms with Crippen molar-refractivity contribution in [3.8, 4) is 0 Å². The minimum absolute atomic E-state index is 0.0623. The van der Waals surface area contributed by atoms with Crippen LogP contribution in [0, 0.1) is 17.8 Å². The highest BCUT2D eigenvalue weighted by Gasteiger charge is 2.58. The van der Waals surface area contributed by atoms with Crippen LogP contribution < -0.4 is 0 Å². The number of aliphatic hydroxyl groups is 2. The summed E-state index contributed by atoms with van der Waals surface area (Å²) in [5.74, 6) is 1.24. The second kappa shape index (κ2) is 29.1. The molecule has 0 aromatic carbocycles. The van der Waals surface area contributed by atoms with Crippen molar-refractivity contribution < 1.29 is 24.5 Å². The summed E-state index contributed by atoms with van der Waals surface area (Å²) >= 11 is 0. The van der Waals surface area contributed by atoms with Gasteiger partial charge in [-0.25, -0.2) is 0 Å². The first-order valence-electron chi connectivity index (χ1n) is 23.7. The summed E-state index contributed by atoms with van der Waals surface area (Å²) in [5, 5.41) is 21.1. The van der Waals surface area contributed by atoms with Crippen molar-refractivity contribution in [2.75, 3.05) is 6.61 Å². The Hall–Kier alpha value is -1.17. The number of ether oxygens (including phenoxy) is 2. The highest BCUT2D eigenvalue weighted by molar-refractivity contribution is 5.69. The summed E-state index contributed by atoms with van der Waals surface area (Å²) in [5.41, 5.74) is -1.64. The van der Waals surface area contributed by atoms with Gasteiger partial charge in [0.25, 0.3) is 0 Å². The Bertz CT molecular complexity index is 1000. The van der Waals surface area contributed by atoms with Crippen LogP contribution in [0.5, 0.6) is 0 Å². The fraction of sp³-hybridized carbons (Fsp3) is 0.900. The summed E-state index contributed by atoms with van der Waals surface area (Å²) < 4.78 is 12.2. The van der Waals surface area contributed by atoms with Gasteiger partial charge in [0.05, 0.1) is 16.8 Å². The zero-order chi connectivity index (χ0) is 41.1. The molecule has 4 atom stereocenters. The second-order valence-corrected chi connectivity index (χ2v) is 19.5. The van der Waals surface area contributed by atoms with Gasteiger partial charge in [-0.2, -0.15) is 0 Å². The van der Waals surface area contributed by atoms with Crippen molar-refractivity contribution in [3.63, 3.8) is 0 Å². The summed E-state index contributed by atoms with van der Waals surface area (Å²) in [6.45, 7) is 19.7. The molecule has 1 saturated carbocycles. The summed E-state index contributed by atoms with van der Waals surface area (Å²) in [6, 6.07) is 0. The largest absolute Gasteiger partial charge is 0.460 e. The molecule has 324 valence electrons. The number of carbonyl (C=O) groups is 1. The molecule has 0 spiro atoms. The summed E-state index contributed by atoms with van der Waals surface area (Å²) in [7, 11) is 0. The summed E-state index contributed by atoms with van der Waals surface area (Å²) in [4.78, 5) is 12.6. The number of unbranched alkanes of at least 4 members (excludes halogenated alkanes) is 16. The Morgan fingerprint density at radius 1 is 0.655 bits per heavy atom. The molecule has 5 nitrogen and oxygen atoms in total. The maximum atomic E-state index is 12.6. The molecule has 0 radical (unpaired) electrons. The molecule has 1 aliphatic carbocycles. The van der Waals surface area contributed by atoms with E-state index in [1.54, 1.807) is 0 Å². The normalized spacial score (nSPS) is 19.8. The number of carbonyl (C=O) groups excluding carboxylic acids is 1. The maximum Gasteiger partial charge on any atom is 0.306 e. The predicted octanol–water partition coefficient (Wildman–Crippen LogP) is 14.6. The number of hydrogen-bond donors (Lipinski definition) is 2. The van der Waals surface area contributed by atoms with Crippen molar-refractivity contribution in [2.45, 2.75) is 265 Å². The number of esters is 1. The van der Waals surface area contributed by atoms with Crippen LogP contribution in [-0.4, -0.2) is 45.2 Å². The van der Waals surface area contributed by atoms with Crippen LogP contribution in [0.15, 0.2) is 24.3 Å². The van der Waals surface area contributed by atoms with E-state index in [1.165, 1.54) is 103 Å². The Balaban J connectivity index is 2.03. The van der Waals surface area contributed by atoms with Gasteiger partial charge >= 0.3 is 5.97 Å². The third-order valence-corrected chi connectivity index (χ3v) is 12.5. The third-order valence-electron chi connectivity index (χ3n) is 12.5.